The van der Waals surface area contributed by atoms with Crippen molar-refractivity contribution in [2.24, 2.45) is 0 Å². The van der Waals surface area contributed by atoms with E-state index in [1.54, 1.807) is 0 Å². The fourth-order valence-electron chi connectivity index (χ4n) is 5.66. The largest absolute Gasteiger partial charge is 0.382 e. The Kier molecular flexibility index (Phi) is 31.3. The third kappa shape index (κ3) is 25.2. The van der Waals surface area contributed by atoms with Gasteiger partial charge < -0.3 is 14.2 Å². The standard InChI is InChI=1S/4C12H10.3C4H10O/c4*1-3-7-11(8-4-1)12-9-5-2-6-10-12;3*1-3-5-4-2/h4*1-10H;3*3-4H2,1-2H3. The average Bonchev–Trinajstić information content (AvgIpc) is 3.38. The van der Waals surface area contributed by atoms with Crippen LogP contribution in [-0.2, 0) is 14.2 Å². The van der Waals surface area contributed by atoms with Crippen molar-refractivity contribution < 1.29 is 14.2 Å². The quantitative estimate of drug-likeness (QED) is 0.137. The van der Waals surface area contributed by atoms with Gasteiger partial charge in [0.2, 0.25) is 0 Å². The van der Waals surface area contributed by atoms with Crippen LogP contribution in [0.25, 0.3) is 44.5 Å². The minimum absolute atomic E-state index is 0.844. The van der Waals surface area contributed by atoms with Crippen LogP contribution in [0.4, 0.5) is 0 Å². The first-order chi connectivity index (χ1) is 31.1. The predicted molar refractivity (Wildman–Crippen MR) is 274 cm³/mol. The van der Waals surface area contributed by atoms with Crippen LogP contribution in [0.1, 0.15) is 41.5 Å². The molecule has 3 nitrogen and oxygen atoms in total. The highest BCUT2D eigenvalue weighted by molar-refractivity contribution is 5.65. The molecule has 0 atom stereocenters. The summed E-state index contributed by atoms with van der Waals surface area (Å²) in [6, 6.07) is 83.1. The minimum Gasteiger partial charge on any atom is -0.382 e. The van der Waals surface area contributed by atoms with Crippen molar-refractivity contribution in [1.82, 2.24) is 0 Å². The number of benzene rings is 8. The second-order valence-corrected chi connectivity index (χ2v) is 13.3. The number of hydrogen-bond donors (Lipinski definition) is 0. The zero-order chi connectivity index (χ0) is 45.3. The fourth-order valence-corrected chi connectivity index (χ4v) is 5.66. The normalized spacial score (nSPS) is 9.37. The molecule has 328 valence electrons. The van der Waals surface area contributed by atoms with Crippen LogP contribution in [0.15, 0.2) is 243 Å². The summed E-state index contributed by atoms with van der Waals surface area (Å²) in [7, 11) is 0. The number of ether oxygens (including phenoxy) is 3. The van der Waals surface area contributed by atoms with E-state index in [0.717, 1.165) is 39.6 Å². The maximum atomic E-state index is 4.83. The smallest absolute Gasteiger partial charge is 0.0437 e. The van der Waals surface area contributed by atoms with Gasteiger partial charge in [0.05, 0.1) is 0 Å². The van der Waals surface area contributed by atoms with Gasteiger partial charge in [-0.25, -0.2) is 0 Å². The van der Waals surface area contributed by atoms with Crippen molar-refractivity contribution in [3.8, 4) is 44.5 Å². The highest BCUT2D eigenvalue weighted by Gasteiger charge is 1.94. The Morgan fingerprint density at radius 1 is 0.175 bits per heavy atom. The van der Waals surface area contributed by atoms with Crippen LogP contribution in [-0.4, -0.2) is 39.6 Å². The Morgan fingerprint density at radius 3 is 0.333 bits per heavy atom. The molecule has 0 unspecified atom stereocenters. The molecule has 0 aliphatic rings. The van der Waals surface area contributed by atoms with Gasteiger partial charge in [-0.3, -0.25) is 0 Å². The zero-order valence-corrected chi connectivity index (χ0v) is 38.6. The molecule has 3 heteroatoms. The fraction of sp³-hybridized carbons (Fsp3) is 0.200. The number of rotatable bonds is 10. The van der Waals surface area contributed by atoms with Crippen LogP contribution in [0.2, 0.25) is 0 Å². The van der Waals surface area contributed by atoms with Crippen LogP contribution >= 0.6 is 0 Å². The van der Waals surface area contributed by atoms with E-state index < -0.39 is 0 Å². The van der Waals surface area contributed by atoms with Crippen LogP contribution < -0.4 is 0 Å². The molecule has 0 aliphatic heterocycles. The van der Waals surface area contributed by atoms with E-state index in [4.69, 9.17) is 14.2 Å². The van der Waals surface area contributed by atoms with Crippen molar-refractivity contribution >= 4 is 0 Å². The third-order valence-electron chi connectivity index (χ3n) is 8.75. The first kappa shape index (κ1) is 52.8. The van der Waals surface area contributed by atoms with E-state index in [1.807, 2.05) is 90.1 Å². The molecule has 0 radical (unpaired) electrons. The molecule has 0 amide bonds. The Balaban J connectivity index is 0.000000262. The highest BCUT2D eigenvalue weighted by Crippen LogP contribution is 2.20. The monoisotopic (exact) mass is 839 g/mol. The molecule has 0 saturated carbocycles. The maximum absolute atomic E-state index is 4.83. The van der Waals surface area contributed by atoms with Crippen LogP contribution in [0, 0.1) is 0 Å². The Bertz CT molecular complexity index is 1640. The van der Waals surface area contributed by atoms with Crippen molar-refractivity contribution in [3.63, 3.8) is 0 Å². The molecule has 0 saturated heterocycles. The van der Waals surface area contributed by atoms with E-state index in [2.05, 4.69) is 194 Å². The zero-order valence-electron chi connectivity index (χ0n) is 38.6. The van der Waals surface area contributed by atoms with Gasteiger partial charge in [0, 0.05) is 39.6 Å². The van der Waals surface area contributed by atoms with Gasteiger partial charge in [0.25, 0.3) is 0 Å². The summed E-state index contributed by atoms with van der Waals surface area (Å²) in [4.78, 5) is 0. The summed E-state index contributed by atoms with van der Waals surface area (Å²) >= 11 is 0. The average molecular weight is 839 g/mol. The lowest BCUT2D eigenvalue weighted by Crippen LogP contribution is -1.84. The molecule has 8 aromatic rings. The van der Waals surface area contributed by atoms with Gasteiger partial charge in [-0.05, 0) is 86.1 Å². The Labute approximate surface area is 381 Å². The van der Waals surface area contributed by atoms with E-state index in [0.29, 0.717) is 0 Å². The van der Waals surface area contributed by atoms with E-state index in [-0.39, 0.29) is 0 Å². The minimum atomic E-state index is 0.844. The molecule has 0 bridgehead atoms. The molecular weight excluding hydrogens is 769 g/mol. The van der Waals surface area contributed by atoms with E-state index in [9.17, 15) is 0 Å². The summed E-state index contributed by atoms with van der Waals surface area (Å²) in [6.45, 7) is 17.0. The molecule has 0 aromatic heterocycles. The lowest BCUT2D eigenvalue weighted by atomic mass is 10.1. The first-order valence-electron chi connectivity index (χ1n) is 22.3. The molecule has 8 rings (SSSR count). The summed E-state index contributed by atoms with van der Waals surface area (Å²) in [6.07, 6.45) is 0. The molecule has 0 aliphatic carbocycles. The second kappa shape index (κ2) is 37.4. The molecule has 63 heavy (non-hydrogen) atoms. The highest BCUT2D eigenvalue weighted by atomic mass is 16.5. The Hall–Kier alpha value is -6.36. The third-order valence-corrected chi connectivity index (χ3v) is 8.75. The van der Waals surface area contributed by atoms with Crippen LogP contribution in [0.3, 0.4) is 0 Å². The van der Waals surface area contributed by atoms with Gasteiger partial charge in [0.1, 0.15) is 0 Å². The van der Waals surface area contributed by atoms with Crippen molar-refractivity contribution in [3.05, 3.63) is 243 Å². The number of hydrogen-bond acceptors (Lipinski definition) is 3. The van der Waals surface area contributed by atoms with Crippen molar-refractivity contribution in [2.75, 3.05) is 39.6 Å². The van der Waals surface area contributed by atoms with E-state index >= 15 is 0 Å². The SMILES string of the molecule is CCOCC.CCOCC.CCOCC.c1ccc(-c2ccccc2)cc1.c1ccc(-c2ccccc2)cc1.c1ccc(-c2ccccc2)cc1.c1ccc(-c2ccccc2)cc1. The van der Waals surface area contributed by atoms with Crippen molar-refractivity contribution in [2.45, 2.75) is 41.5 Å². The topological polar surface area (TPSA) is 27.7 Å². The van der Waals surface area contributed by atoms with Crippen LogP contribution in [0.5, 0.6) is 0 Å². The molecule has 0 spiro atoms. The van der Waals surface area contributed by atoms with Gasteiger partial charge in [-0.15, -0.1) is 0 Å². The lowest BCUT2D eigenvalue weighted by molar-refractivity contribution is 0.162. The van der Waals surface area contributed by atoms with Crippen molar-refractivity contribution in [1.29, 1.82) is 0 Å². The molecule has 0 N–H and O–H groups in total. The predicted octanol–water partition coefficient (Wildman–Crippen LogP) is 16.5. The lowest BCUT2D eigenvalue weighted by Gasteiger charge is -1.98. The second-order valence-electron chi connectivity index (χ2n) is 13.3. The summed E-state index contributed by atoms with van der Waals surface area (Å²) < 4.78 is 14.5. The van der Waals surface area contributed by atoms with Gasteiger partial charge in [-0.1, -0.05) is 243 Å². The molecule has 0 heterocycles. The van der Waals surface area contributed by atoms with Gasteiger partial charge >= 0.3 is 0 Å². The molecular formula is C60H70O3. The molecule has 8 aromatic carbocycles. The Morgan fingerprint density at radius 2 is 0.270 bits per heavy atom. The summed E-state index contributed by atoms with van der Waals surface area (Å²) in [5, 5.41) is 0. The molecule has 0 fully saturated rings. The first-order valence-corrected chi connectivity index (χ1v) is 22.3. The van der Waals surface area contributed by atoms with Gasteiger partial charge in [0.15, 0.2) is 0 Å². The summed E-state index contributed by atoms with van der Waals surface area (Å²) in [5.41, 5.74) is 10.2. The van der Waals surface area contributed by atoms with Gasteiger partial charge in [-0.2, -0.15) is 0 Å². The van der Waals surface area contributed by atoms with E-state index in [1.165, 1.54) is 44.5 Å². The summed E-state index contributed by atoms with van der Waals surface area (Å²) in [5.74, 6) is 0. The maximum Gasteiger partial charge on any atom is 0.0437 e.